The van der Waals surface area contributed by atoms with Crippen molar-refractivity contribution in [3.63, 3.8) is 0 Å². The van der Waals surface area contributed by atoms with E-state index in [1.807, 2.05) is 17.9 Å². The van der Waals surface area contributed by atoms with E-state index < -0.39 is 0 Å². The number of nitrogens with zero attached hydrogens (tertiary/aromatic N) is 1. The highest BCUT2D eigenvalue weighted by atomic mass is 19.1. The number of rotatable bonds is 5. The summed E-state index contributed by atoms with van der Waals surface area (Å²) in [6.07, 6.45) is 3.40. The third-order valence-corrected chi connectivity index (χ3v) is 4.55. The fourth-order valence-corrected chi connectivity index (χ4v) is 3.23. The summed E-state index contributed by atoms with van der Waals surface area (Å²) in [5.41, 5.74) is 6.92. The van der Waals surface area contributed by atoms with Crippen molar-refractivity contribution in [2.75, 3.05) is 13.1 Å². The van der Waals surface area contributed by atoms with E-state index in [9.17, 15) is 9.18 Å². The molecule has 1 fully saturated rings. The monoisotopic (exact) mass is 306 g/mol. The Labute approximate surface area is 132 Å². The Morgan fingerprint density at radius 3 is 2.91 bits per heavy atom. The topological polar surface area (TPSA) is 46.3 Å². The van der Waals surface area contributed by atoms with Gasteiger partial charge < -0.3 is 10.6 Å². The molecule has 1 saturated heterocycles. The van der Waals surface area contributed by atoms with Crippen LogP contribution in [0.15, 0.2) is 24.3 Å². The van der Waals surface area contributed by atoms with Gasteiger partial charge in [0.05, 0.1) is 0 Å². The molecule has 0 aromatic heterocycles. The van der Waals surface area contributed by atoms with E-state index in [2.05, 4.69) is 6.92 Å². The molecule has 3 atom stereocenters. The molecule has 0 spiro atoms. The zero-order chi connectivity index (χ0) is 16.1. The van der Waals surface area contributed by atoms with E-state index in [1.54, 1.807) is 12.1 Å². The normalized spacial score (nSPS) is 21.5. The molecule has 3 unspecified atom stereocenters. The van der Waals surface area contributed by atoms with Gasteiger partial charge in [-0.2, -0.15) is 0 Å². The molecule has 1 aromatic rings. The van der Waals surface area contributed by atoms with E-state index in [1.165, 1.54) is 6.07 Å². The van der Waals surface area contributed by atoms with Crippen LogP contribution in [0.25, 0.3) is 0 Å². The Balaban J connectivity index is 1.85. The van der Waals surface area contributed by atoms with E-state index in [-0.39, 0.29) is 23.7 Å². The van der Waals surface area contributed by atoms with E-state index in [0.717, 1.165) is 37.9 Å². The standard InChI is InChI=1S/C18H27FN2O/c1-13(9-15-5-3-7-17(19)11-15)10-18(22)21-8-4-6-16(12-21)14(2)20/h3,5,7,11,13-14,16H,4,6,8-10,12,20H2,1-2H3. The molecular weight excluding hydrogens is 279 g/mol. The Hall–Kier alpha value is -1.42. The van der Waals surface area contributed by atoms with Crippen LogP contribution < -0.4 is 5.73 Å². The molecule has 1 aliphatic rings. The van der Waals surface area contributed by atoms with Crippen molar-refractivity contribution in [3.05, 3.63) is 35.6 Å². The molecule has 0 saturated carbocycles. The molecule has 122 valence electrons. The van der Waals surface area contributed by atoms with Crippen molar-refractivity contribution < 1.29 is 9.18 Å². The smallest absolute Gasteiger partial charge is 0.222 e. The lowest BCUT2D eigenvalue weighted by molar-refractivity contribution is -0.134. The van der Waals surface area contributed by atoms with Crippen LogP contribution in [0.1, 0.15) is 38.7 Å². The Kier molecular flexibility index (Phi) is 5.95. The third-order valence-electron chi connectivity index (χ3n) is 4.55. The minimum absolute atomic E-state index is 0.139. The predicted octanol–water partition coefficient (Wildman–Crippen LogP) is 2.98. The second kappa shape index (κ2) is 7.73. The summed E-state index contributed by atoms with van der Waals surface area (Å²) in [5, 5.41) is 0. The molecule has 0 aliphatic carbocycles. The average Bonchev–Trinajstić information content (AvgIpc) is 2.47. The van der Waals surface area contributed by atoms with Gasteiger partial charge in [-0.15, -0.1) is 0 Å². The highest BCUT2D eigenvalue weighted by molar-refractivity contribution is 5.76. The first-order valence-corrected chi connectivity index (χ1v) is 8.23. The summed E-state index contributed by atoms with van der Waals surface area (Å²) in [4.78, 5) is 14.4. The number of likely N-dealkylation sites (tertiary alicyclic amines) is 1. The highest BCUT2D eigenvalue weighted by Crippen LogP contribution is 2.21. The summed E-state index contributed by atoms with van der Waals surface area (Å²) in [7, 11) is 0. The lowest BCUT2D eigenvalue weighted by Crippen LogP contribution is -2.45. The summed E-state index contributed by atoms with van der Waals surface area (Å²) >= 11 is 0. The van der Waals surface area contributed by atoms with Crippen molar-refractivity contribution in [2.24, 2.45) is 17.6 Å². The zero-order valence-electron chi connectivity index (χ0n) is 13.6. The van der Waals surface area contributed by atoms with Crippen molar-refractivity contribution in [1.29, 1.82) is 0 Å². The van der Waals surface area contributed by atoms with Gasteiger partial charge in [0.2, 0.25) is 5.91 Å². The quantitative estimate of drug-likeness (QED) is 0.909. The molecule has 3 nitrogen and oxygen atoms in total. The molecule has 1 aliphatic heterocycles. The van der Waals surface area contributed by atoms with Crippen LogP contribution in [0.2, 0.25) is 0 Å². The fourth-order valence-electron chi connectivity index (χ4n) is 3.23. The van der Waals surface area contributed by atoms with Gasteiger partial charge in [-0.05, 0) is 55.7 Å². The minimum atomic E-state index is -0.216. The molecule has 4 heteroatoms. The number of carbonyl (C=O) groups excluding carboxylic acids is 1. The van der Waals surface area contributed by atoms with E-state index in [4.69, 9.17) is 5.73 Å². The third kappa shape index (κ3) is 4.80. The number of carbonyl (C=O) groups is 1. The van der Waals surface area contributed by atoms with Gasteiger partial charge in [0.25, 0.3) is 0 Å². The predicted molar refractivity (Wildman–Crippen MR) is 86.8 cm³/mol. The second-order valence-corrected chi connectivity index (χ2v) is 6.74. The molecular formula is C18H27FN2O. The average molecular weight is 306 g/mol. The van der Waals surface area contributed by atoms with Gasteiger partial charge in [-0.1, -0.05) is 19.1 Å². The van der Waals surface area contributed by atoms with Gasteiger partial charge >= 0.3 is 0 Å². The minimum Gasteiger partial charge on any atom is -0.342 e. The molecule has 1 heterocycles. The maximum absolute atomic E-state index is 13.2. The molecule has 0 bridgehead atoms. The number of piperidine rings is 1. The van der Waals surface area contributed by atoms with Crippen molar-refractivity contribution in [3.8, 4) is 0 Å². The van der Waals surface area contributed by atoms with Crippen LogP contribution in [-0.4, -0.2) is 29.9 Å². The second-order valence-electron chi connectivity index (χ2n) is 6.74. The molecule has 2 N–H and O–H groups in total. The number of nitrogens with two attached hydrogens (primary N) is 1. The lowest BCUT2D eigenvalue weighted by Gasteiger charge is -2.35. The highest BCUT2D eigenvalue weighted by Gasteiger charge is 2.26. The molecule has 0 radical (unpaired) electrons. The summed E-state index contributed by atoms with van der Waals surface area (Å²) in [5.74, 6) is 0.613. The van der Waals surface area contributed by atoms with Crippen LogP contribution in [0.4, 0.5) is 4.39 Å². The molecule has 1 aromatic carbocycles. The lowest BCUT2D eigenvalue weighted by atomic mass is 9.91. The summed E-state index contributed by atoms with van der Waals surface area (Å²) in [6, 6.07) is 6.77. The first-order chi connectivity index (χ1) is 10.5. The number of hydrogen-bond acceptors (Lipinski definition) is 2. The van der Waals surface area contributed by atoms with Crippen molar-refractivity contribution in [1.82, 2.24) is 4.90 Å². The summed E-state index contributed by atoms with van der Waals surface area (Å²) in [6.45, 7) is 5.69. The Morgan fingerprint density at radius 2 is 2.23 bits per heavy atom. The maximum atomic E-state index is 13.2. The SMILES string of the molecule is CC(CC(=O)N1CCCC(C(C)N)C1)Cc1cccc(F)c1. The van der Waals surface area contributed by atoms with Crippen LogP contribution in [0.5, 0.6) is 0 Å². The van der Waals surface area contributed by atoms with Crippen LogP contribution >= 0.6 is 0 Å². The Bertz CT molecular complexity index is 504. The van der Waals surface area contributed by atoms with Gasteiger partial charge in [-0.25, -0.2) is 4.39 Å². The van der Waals surface area contributed by atoms with Crippen molar-refractivity contribution in [2.45, 2.75) is 45.6 Å². The first kappa shape index (κ1) is 16.9. The van der Waals surface area contributed by atoms with E-state index in [0.29, 0.717) is 12.3 Å². The van der Waals surface area contributed by atoms with Crippen LogP contribution in [0, 0.1) is 17.7 Å². The largest absolute Gasteiger partial charge is 0.342 e. The van der Waals surface area contributed by atoms with Gasteiger partial charge in [-0.3, -0.25) is 4.79 Å². The van der Waals surface area contributed by atoms with Gasteiger partial charge in [0.15, 0.2) is 0 Å². The summed E-state index contributed by atoms with van der Waals surface area (Å²) < 4.78 is 13.2. The number of hydrogen-bond donors (Lipinski definition) is 1. The Morgan fingerprint density at radius 1 is 1.45 bits per heavy atom. The van der Waals surface area contributed by atoms with Crippen LogP contribution in [-0.2, 0) is 11.2 Å². The van der Waals surface area contributed by atoms with Gasteiger partial charge in [0, 0.05) is 25.6 Å². The number of benzene rings is 1. The fraction of sp³-hybridized carbons (Fsp3) is 0.611. The molecule has 1 amide bonds. The van der Waals surface area contributed by atoms with E-state index >= 15 is 0 Å². The van der Waals surface area contributed by atoms with Crippen LogP contribution in [0.3, 0.4) is 0 Å². The van der Waals surface area contributed by atoms with Gasteiger partial charge in [0.1, 0.15) is 5.82 Å². The van der Waals surface area contributed by atoms with Crippen molar-refractivity contribution >= 4 is 5.91 Å². The first-order valence-electron chi connectivity index (χ1n) is 8.23. The molecule has 2 rings (SSSR count). The number of halogens is 1. The zero-order valence-corrected chi connectivity index (χ0v) is 13.6. The molecule has 22 heavy (non-hydrogen) atoms. The number of amides is 1. The maximum Gasteiger partial charge on any atom is 0.222 e.